The summed E-state index contributed by atoms with van der Waals surface area (Å²) in [7, 11) is 0. The maximum Gasteiger partial charge on any atom is 2.00 e. The van der Waals surface area contributed by atoms with Crippen molar-refractivity contribution in [1.82, 2.24) is 0 Å². The average Bonchev–Trinajstić information content (AvgIpc) is 0.811. The van der Waals surface area contributed by atoms with Crippen LogP contribution in [0.3, 0.4) is 0 Å². The quantitative estimate of drug-likeness (QED) is 0.377. The molecule has 0 amide bonds. The molecule has 7 heteroatoms. The third kappa shape index (κ3) is 93.9. The fraction of sp³-hybridized carbons (Fsp3) is 0. The van der Waals surface area contributed by atoms with E-state index in [-0.39, 0.29) is 90.9 Å². The topological polar surface area (TPSA) is 91.7 Å². The van der Waals surface area contributed by atoms with E-state index >= 15 is 0 Å². The number of carbonyl (C=O) groups excluding carboxylic acids is 1. The van der Waals surface area contributed by atoms with Crippen LogP contribution in [0.5, 0.6) is 0 Å². The van der Waals surface area contributed by atoms with Gasteiger partial charge < -0.3 is 20.5 Å². The van der Waals surface area contributed by atoms with Gasteiger partial charge in [-0.2, -0.15) is 0 Å². The van der Waals surface area contributed by atoms with E-state index in [9.17, 15) is 0 Å². The molecule has 44 valence electrons. The molecule has 0 aliphatic rings. The molecule has 4 nitrogen and oxygen atoms in total. The molecule has 0 saturated carbocycles. The molecular weight excluding hydrogens is 430 g/mol. The minimum absolute atomic E-state index is 0. The zero-order valence-corrected chi connectivity index (χ0v) is 11.3. The van der Waals surface area contributed by atoms with Crippen molar-refractivity contribution in [2.24, 2.45) is 0 Å². The van der Waals surface area contributed by atoms with Gasteiger partial charge in [0.1, 0.15) is 0 Å². The van der Waals surface area contributed by atoms with Crippen LogP contribution in [0.4, 0.5) is 4.79 Å². The summed E-state index contributed by atoms with van der Waals surface area (Å²) in [6.45, 7) is 0. The van der Waals surface area contributed by atoms with Crippen LogP contribution in [-0.4, -0.2) is 71.2 Å². The van der Waals surface area contributed by atoms with Crippen molar-refractivity contribution < 1.29 is 40.9 Å². The first-order valence-corrected chi connectivity index (χ1v) is 0.612. The van der Waals surface area contributed by atoms with E-state index in [1.54, 1.807) is 0 Å². The molecule has 0 unspecified atom stereocenters. The second-order valence-electron chi connectivity index (χ2n) is 0.250. The molecule has 0 N–H and O–H groups in total. The Balaban J connectivity index is -0.00000000750. The van der Waals surface area contributed by atoms with Crippen LogP contribution in [0.2, 0.25) is 0 Å². The van der Waals surface area contributed by atoms with Gasteiger partial charge in [0.25, 0.3) is 0 Å². The largest absolute Gasteiger partial charge is 2.00 e. The van der Waals surface area contributed by atoms with Crippen LogP contribution in [0, 0.1) is 0 Å². The first-order chi connectivity index (χ1) is 1.73. The van der Waals surface area contributed by atoms with Crippen LogP contribution >= 0.6 is 0 Å². The third-order valence-corrected chi connectivity index (χ3v) is 0. The van der Waals surface area contributed by atoms with Gasteiger partial charge in [0.2, 0.25) is 0 Å². The summed E-state index contributed by atoms with van der Waals surface area (Å²) in [5.74, 6) is 0. The minimum Gasteiger partial charge on any atom is -2.00 e. The predicted molar refractivity (Wildman–Crippen MR) is 17.6 cm³/mol. The second-order valence-corrected chi connectivity index (χ2v) is 0.250. The molecule has 2 radical (unpaired) electrons. The fourth-order valence-corrected chi connectivity index (χ4v) is 0. The number of hydrogen-bond donors (Lipinski definition) is 0. The molecule has 0 saturated heterocycles. The van der Waals surface area contributed by atoms with Gasteiger partial charge in [-0.15, -0.1) is 0 Å². The summed E-state index contributed by atoms with van der Waals surface area (Å²) in [4.78, 5) is 8.33. The smallest absolute Gasteiger partial charge is 2.00 e. The number of carboxylic acid groups (broad SMARTS) is 2. The predicted octanol–water partition coefficient (Wildman–Crippen LogP) is -3.33. The summed E-state index contributed by atoms with van der Waals surface area (Å²) < 4.78 is 0. The molecule has 0 rings (SSSR count). The molecule has 0 aliphatic carbocycles. The van der Waals surface area contributed by atoms with Gasteiger partial charge >= 0.3 is 65.0 Å². The average molecular weight is 430 g/mol. The van der Waals surface area contributed by atoms with Crippen molar-refractivity contribution in [3.05, 3.63) is 0 Å². The normalized spacial score (nSPS) is 3.00. The Morgan fingerprint density at radius 2 is 1.25 bits per heavy atom. The Morgan fingerprint density at radius 1 is 1.25 bits per heavy atom. The minimum atomic E-state index is -2.33. The summed E-state index contributed by atoms with van der Waals surface area (Å²) >= 11 is 0. The van der Waals surface area contributed by atoms with E-state index in [0.717, 1.165) is 0 Å². The van der Waals surface area contributed by atoms with E-state index < -0.39 is 6.16 Å². The molecule has 0 aromatic heterocycles. The van der Waals surface area contributed by atoms with Crippen LogP contribution in [0.15, 0.2) is 0 Å². The van der Waals surface area contributed by atoms with Gasteiger partial charge in [0.15, 0.2) is 0 Å². The van der Waals surface area contributed by atoms with Gasteiger partial charge in [0.05, 0.1) is 0 Å². The molecule has 0 spiro atoms. The van der Waals surface area contributed by atoms with Crippen molar-refractivity contribution >= 4 is 71.2 Å². The molecule has 0 aliphatic heterocycles. The van der Waals surface area contributed by atoms with Crippen LogP contribution in [0.1, 0.15) is 0 Å². The third-order valence-electron chi connectivity index (χ3n) is 0. The van der Waals surface area contributed by atoms with E-state index in [1.807, 2.05) is 0 Å². The summed E-state index contributed by atoms with van der Waals surface area (Å²) in [6.07, 6.45) is -2.33. The van der Waals surface area contributed by atoms with Crippen molar-refractivity contribution in [3.8, 4) is 0 Å². The Kier molecular flexibility index (Phi) is 92.5. The van der Waals surface area contributed by atoms with E-state index in [4.69, 9.17) is 15.0 Å². The van der Waals surface area contributed by atoms with E-state index in [0.29, 0.717) is 0 Å². The number of hydrogen-bond acceptors (Lipinski definition) is 3. The molecule has 8 heavy (non-hydrogen) atoms. The first-order valence-electron chi connectivity index (χ1n) is 0.612. The molecule has 0 aromatic carbocycles. The first kappa shape index (κ1) is 32.2. The molecule has 0 atom stereocenters. The van der Waals surface area contributed by atoms with Gasteiger partial charge in [-0.05, 0) is 6.16 Å². The second kappa shape index (κ2) is 23.0. The van der Waals surface area contributed by atoms with Crippen LogP contribution < -0.4 is 10.2 Å². The van der Waals surface area contributed by atoms with Crippen molar-refractivity contribution in [1.29, 1.82) is 0 Å². The summed E-state index contributed by atoms with van der Waals surface area (Å²) in [5, 5.41) is 16.7. The van der Waals surface area contributed by atoms with Crippen LogP contribution in [-0.2, 0) is 25.9 Å². The monoisotopic (exact) mass is 430 g/mol. The van der Waals surface area contributed by atoms with Crippen molar-refractivity contribution in [3.63, 3.8) is 0 Å². The summed E-state index contributed by atoms with van der Waals surface area (Å²) in [5.41, 5.74) is 0. The molecular formula is CCaO4PbPd. The molecule has 0 aromatic rings. The van der Waals surface area contributed by atoms with Gasteiger partial charge in [-0.1, -0.05) is 0 Å². The maximum absolute atomic E-state index is 8.33. The van der Waals surface area contributed by atoms with Gasteiger partial charge in [0, 0.05) is 20.4 Å². The number of rotatable bonds is 0. The van der Waals surface area contributed by atoms with Crippen molar-refractivity contribution in [2.75, 3.05) is 0 Å². The van der Waals surface area contributed by atoms with E-state index in [1.165, 1.54) is 0 Å². The molecule has 0 bridgehead atoms. The van der Waals surface area contributed by atoms with Gasteiger partial charge in [-0.3, -0.25) is 0 Å². The Labute approximate surface area is 110 Å². The number of carbonyl (C=O) groups is 1. The Bertz CT molecular complexity index is 39.0. The van der Waals surface area contributed by atoms with Gasteiger partial charge in [-0.25, -0.2) is 0 Å². The maximum atomic E-state index is 8.33. The Hall–Kier alpha value is 2.07. The zero-order chi connectivity index (χ0) is 3.58. The summed E-state index contributed by atoms with van der Waals surface area (Å²) in [6, 6.07) is 0. The van der Waals surface area contributed by atoms with Crippen LogP contribution in [0.25, 0.3) is 0 Å². The fourth-order valence-electron chi connectivity index (χ4n) is 0. The zero-order valence-electron chi connectivity index (χ0n) is 3.66. The van der Waals surface area contributed by atoms with Crippen molar-refractivity contribution in [2.45, 2.75) is 0 Å². The standard InChI is InChI=1S/CH2O3.Ca.O.Pb.Pd/c2-1(3)4;;;;/h(H2,2,3,4);;;;/q;+2;-2;+2;/p-2. The Morgan fingerprint density at radius 3 is 1.25 bits per heavy atom. The molecule has 0 heterocycles. The van der Waals surface area contributed by atoms with E-state index in [2.05, 4.69) is 0 Å². The molecule has 0 fully saturated rings. The SMILES string of the molecule is O=C([O-])[O-].[Ca+2].[O-2].[Pb+2].[Pd].